The molecule has 0 saturated heterocycles. The number of nitrogens with one attached hydrogen (secondary N) is 1. The Morgan fingerprint density at radius 1 is 1.24 bits per heavy atom. The molecule has 118 valence electrons. The van der Waals surface area contributed by atoms with E-state index in [9.17, 15) is 0 Å². The van der Waals surface area contributed by atoms with Gasteiger partial charge in [-0.05, 0) is 44.2 Å². The van der Waals surface area contributed by atoms with Crippen molar-refractivity contribution < 1.29 is 0 Å². The Morgan fingerprint density at radius 2 is 1.95 bits per heavy atom. The van der Waals surface area contributed by atoms with Crippen LogP contribution in [0.15, 0.2) is 12.3 Å². The molecule has 2 fully saturated rings. The molecular weight excluding hydrogens is 258 g/mol. The summed E-state index contributed by atoms with van der Waals surface area (Å²) in [7, 11) is 2.12. The number of likely N-dealkylation sites (N-methyl/N-ethyl adjacent to an activating group) is 1. The first kappa shape index (κ1) is 15.1. The van der Waals surface area contributed by atoms with Gasteiger partial charge in [0.15, 0.2) is 0 Å². The molecule has 2 saturated carbocycles. The van der Waals surface area contributed by atoms with Crippen LogP contribution in [0.1, 0.15) is 76.4 Å². The van der Waals surface area contributed by atoms with Crippen molar-refractivity contribution in [3.63, 3.8) is 0 Å². The number of nitrogens with zero attached hydrogens (tertiary/aromatic N) is 2. The van der Waals surface area contributed by atoms with E-state index in [0.29, 0.717) is 17.5 Å². The summed E-state index contributed by atoms with van der Waals surface area (Å²) in [6, 6.07) is 3.47. The summed E-state index contributed by atoms with van der Waals surface area (Å²) in [6.07, 6.45) is 15.6. The lowest BCUT2D eigenvalue weighted by atomic mass is 9.78. The van der Waals surface area contributed by atoms with Gasteiger partial charge in [-0.1, -0.05) is 39.0 Å². The lowest BCUT2D eigenvalue weighted by Crippen LogP contribution is -2.42. The third-order valence-electron chi connectivity index (χ3n) is 5.96. The van der Waals surface area contributed by atoms with Crippen LogP contribution in [0, 0.1) is 5.41 Å². The molecule has 0 aliphatic heterocycles. The van der Waals surface area contributed by atoms with Crippen molar-refractivity contribution in [3.05, 3.63) is 18.0 Å². The van der Waals surface area contributed by atoms with Crippen molar-refractivity contribution in [1.82, 2.24) is 15.1 Å². The molecule has 21 heavy (non-hydrogen) atoms. The van der Waals surface area contributed by atoms with Crippen LogP contribution in [0.5, 0.6) is 0 Å². The van der Waals surface area contributed by atoms with Gasteiger partial charge in [0.1, 0.15) is 0 Å². The van der Waals surface area contributed by atoms with Gasteiger partial charge >= 0.3 is 0 Å². The summed E-state index contributed by atoms with van der Waals surface area (Å²) < 4.78 is 2.25. The van der Waals surface area contributed by atoms with Gasteiger partial charge in [0.25, 0.3) is 0 Å². The topological polar surface area (TPSA) is 29.9 Å². The van der Waals surface area contributed by atoms with Crippen molar-refractivity contribution in [3.8, 4) is 0 Å². The van der Waals surface area contributed by atoms with Crippen LogP contribution in [-0.4, -0.2) is 22.9 Å². The van der Waals surface area contributed by atoms with Crippen LogP contribution in [-0.2, 0) is 6.42 Å². The van der Waals surface area contributed by atoms with Crippen LogP contribution in [0.2, 0.25) is 0 Å². The molecule has 3 heteroatoms. The van der Waals surface area contributed by atoms with Gasteiger partial charge < -0.3 is 5.32 Å². The van der Waals surface area contributed by atoms with Crippen LogP contribution in [0.3, 0.4) is 0 Å². The predicted octanol–water partition coefficient (Wildman–Crippen LogP) is 4.10. The minimum atomic E-state index is 0.462. The van der Waals surface area contributed by atoms with E-state index in [1.807, 2.05) is 0 Å². The number of hydrogen-bond acceptors (Lipinski definition) is 2. The number of aromatic nitrogens is 2. The van der Waals surface area contributed by atoms with E-state index in [2.05, 4.69) is 36.2 Å². The second-order valence-corrected chi connectivity index (χ2v) is 7.49. The molecule has 2 aliphatic rings. The van der Waals surface area contributed by atoms with E-state index in [1.165, 1.54) is 63.5 Å². The second kappa shape index (κ2) is 6.51. The molecular formula is C18H31N3. The van der Waals surface area contributed by atoms with E-state index in [0.717, 1.165) is 6.42 Å². The number of rotatable bonds is 5. The van der Waals surface area contributed by atoms with Gasteiger partial charge in [-0.3, -0.25) is 4.68 Å². The minimum absolute atomic E-state index is 0.462. The minimum Gasteiger partial charge on any atom is -0.316 e. The highest BCUT2D eigenvalue weighted by Crippen LogP contribution is 2.41. The Hall–Kier alpha value is -0.830. The van der Waals surface area contributed by atoms with E-state index < -0.39 is 0 Å². The van der Waals surface area contributed by atoms with Crippen molar-refractivity contribution >= 4 is 0 Å². The molecule has 0 amide bonds. The normalized spacial score (nSPS) is 24.3. The van der Waals surface area contributed by atoms with Gasteiger partial charge in [-0.2, -0.15) is 5.10 Å². The average molecular weight is 289 g/mol. The molecule has 1 N–H and O–H groups in total. The summed E-state index contributed by atoms with van der Waals surface area (Å²) >= 11 is 0. The van der Waals surface area contributed by atoms with Crippen molar-refractivity contribution in [2.45, 2.75) is 83.2 Å². The average Bonchev–Trinajstić information content (AvgIpc) is 3.15. The maximum atomic E-state index is 4.90. The Morgan fingerprint density at radius 3 is 2.62 bits per heavy atom. The molecule has 1 aromatic heterocycles. The summed E-state index contributed by atoms with van der Waals surface area (Å²) in [5.41, 5.74) is 1.73. The van der Waals surface area contributed by atoms with Crippen LogP contribution < -0.4 is 5.32 Å². The van der Waals surface area contributed by atoms with Crippen molar-refractivity contribution in [1.29, 1.82) is 0 Å². The summed E-state index contributed by atoms with van der Waals surface area (Å²) in [5.74, 6) is 0. The van der Waals surface area contributed by atoms with Crippen molar-refractivity contribution in [2.24, 2.45) is 5.41 Å². The molecule has 2 aliphatic carbocycles. The van der Waals surface area contributed by atoms with Gasteiger partial charge in [0, 0.05) is 18.7 Å². The molecule has 0 bridgehead atoms. The monoisotopic (exact) mass is 289 g/mol. The Bertz CT molecular complexity index is 439. The van der Waals surface area contributed by atoms with Crippen LogP contribution in [0.4, 0.5) is 0 Å². The van der Waals surface area contributed by atoms with Gasteiger partial charge in [0.2, 0.25) is 0 Å². The first-order chi connectivity index (χ1) is 10.2. The standard InChI is InChI=1S/C18H31N3/c1-18(11-6-7-12-18)17(19-2)14-15-10-13-21(20-15)16-8-4-3-5-9-16/h10,13,16-17,19H,3-9,11-12,14H2,1-2H3. The molecule has 1 heterocycles. The maximum absolute atomic E-state index is 4.90. The van der Waals surface area contributed by atoms with Crippen LogP contribution in [0.25, 0.3) is 0 Å². The first-order valence-electron chi connectivity index (χ1n) is 8.92. The molecule has 1 aromatic rings. The highest BCUT2D eigenvalue weighted by Gasteiger charge is 2.36. The fraction of sp³-hybridized carbons (Fsp3) is 0.833. The van der Waals surface area contributed by atoms with Crippen molar-refractivity contribution in [2.75, 3.05) is 7.05 Å². The van der Waals surface area contributed by atoms with E-state index in [1.54, 1.807) is 0 Å². The number of hydrogen-bond donors (Lipinski definition) is 1. The zero-order valence-electron chi connectivity index (χ0n) is 13.8. The van der Waals surface area contributed by atoms with E-state index >= 15 is 0 Å². The summed E-state index contributed by atoms with van der Waals surface area (Å²) in [4.78, 5) is 0. The summed E-state index contributed by atoms with van der Waals surface area (Å²) in [5, 5.41) is 8.47. The lowest BCUT2D eigenvalue weighted by molar-refractivity contribution is 0.227. The predicted molar refractivity (Wildman–Crippen MR) is 87.5 cm³/mol. The zero-order chi connectivity index (χ0) is 14.7. The van der Waals surface area contributed by atoms with Crippen LogP contribution >= 0.6 is 0 Å². The van der Waals surface area contributed by atoms with Gasteiger partial charge in [0.05, 0.1) is 11.7 Å². The SMILES string of the molecule is CNC(Cc1ccn(C2CCCCC2)n1)C1(C)CCCC1. The molecule has 0 spiro atoms. The molecule has 0 aromatic carbocycles. The van der Waals surface area contributed by atoms with Gasteiger partial charge in [-0.25, -0.2) is 0 Å². The fourth-order valence-electron chi connectivity index (χ4n) is 4.47. The van der Waals surface area contributed by atoms with E-state index in [-0.39, 0.29) is 0 Å². The van der Waals surface area contributed by atoms with Gasteiger partial charge in [-0.15, -0.1) is 0 Å². The maximum Gasteiger partial charge on any atom is 0.0640 e. The highest BCUT2D eigenvalue weighted by atomic mass is 15.3. The molecule has 1 unspecified atom stereocenters. The smallest absolute Gasteiger partial charge is 0.0640 e. The molecule has 0 radical (unpaired) electrons. The largest absolute Gasteiger partial charge is 0.316 e. The highest BCUT2D eigenvalue weighted by molar-refractivity contribution is 5.06. The fourth-order valence-corrected chi connectivity index (χ4v) is 4.47. The quantitative estimate of drug-likeness (QED) is 0.884. The second-order valence-electron chi connectivity index (χ2n) is 7.49. The Balaban J connectivity index is 1.65. The molecule has 3 rings (SSSR count). The Kier molecular flexibility index (Phi) is 4.68. The Labute approximate surface area is 129 Å². The lowest BCUT2D eigenvalue weighted by Gasteiger charge is -2.33. The summed E-state index contributed by atoms with van der Waals surface area (Å²) in [6.45, 7) is 2.46. The first-order valence-corrected chi connectivity index (χ1v) is 8.92. The zero-order valence-corrected chi connectivity index (χ0v) is 13.8. The third-order valence-corrected chi connectivity index (χ3v) is 5.96. The third kappa shape index (κ3) is 3.33. The molecule has 1 atom stereocenters. The molecule has 3 nitrogen and oxygen atoms in total. The van der Waals surface area contributed by atoms with E-state index in [4.69, 9.17) is 5.10 Å².